The van der Waals surface area contributed by atoms with E-state index in [4.69, 9.17) is 4.74 Å². The molecule has 0 aliphatic carbocycles. The predicted molar refractivity (Wildman–Crippen MR) is 94.8 cm³/mol. The number of rotatable bonds is 7. The zero-order chi connectivity index (χ0) is 18.5. The molecule has 8 nitrogen and oxygen atoms in total. The van der Waals surface area contributed by atoms with Crippen molar-refractivity contribution in [2.75, 3.05) is 6.61 Å². The number of ether oxygens (including phenoxy) is 1. The maximum Gasteiger partial charge on any atom is 0.269 e. The van der Waals surface area contributed by atoms with Crippen molar-refractivity contribution < 1.29 is 14.8 Å². The Kier molecular flexibility index (Phi) is 5.23. The highest BCUT2D eigenvalue weighted by molar-refractivity contribution is 5.56. The summed E-state index contributed by atoms with van der Waals surface area (Å²) in [5.41, 5.74) is 1.76. The van der Waals surface area contributed by atoms with Crippen LogP contribution >= 0.6 is 0 Å². The summed E-state index contributed by atoms with van der Waals surface area (Å²) < 4.78 is 7.09. The molecule has 0 radical (unpaired) electrons. The number of hydrogen-bond acceptors (Lipinski definition) is 6. The number of benzene rings is 2. The van der Waals surface area contributed by atoms with E-state index in [-0.39, 0.29) is 18.8 Å². The fraction of sp³-hybridized carbons (Fsp3) is 0.222. The van der Waals surface area contributed by atoms with Crippen LogP contribution < -0.4 is 4.74 Å². The van der Waals surface area contributed by atoms with E-state index >= 15 is 0 Å². The van der Waals surface area contributed by atoms with Gasteiger partial charge in [0.2, 0.25) is 0 Å². The lowest BCUT2D eigenvalue weighted by Crippen LogP contribution is -2.23. The SMILES string of the molecule is Cc1cccc(OCC(O)Cn2cnc(-c3ccc([N+](=O)[O-])cc3)n2)c1. The molecule has 1 atom stereocenters. The molecule has 2 aromatic carbocycles. The monoisotopic (exact) mass is 354 g/mol. The first kappa shape index (κ1) is 17.6. The van der Waals surface area contributed by atoms with Gasteiger partial charge in [0.1, 0.15) is 24.8 Å². The van der Waals surface area contributed by atoms with Gasteiger partial charge in [-0.3, -0.25) is 10.1 Å². The van der Waals surface area contributed by atoms with Gasteiger partial charge in [-0.25, -0.2) is 9.67 Å². The van der Waals surface area contributed by atoms with E-state index in [2.05, 4.69) is 10.1 Å². The van der Waals surface area contributed by atoms with E-state index in [0.717, 1.165) is 5.56 Å². The number of nitro benzene ring substituents is 1. The van der Waals surface area contributed by atoms with Crippen LogP contribution in [0.3, 0.4) is 0 Å². The molecule has 0 aliphatic rings. The van der Waals surface area contributed by atoms with E-state index in [1.807, 2.05) is 31.2 Å². The van der Waals surface area contributed by atoms with Crippen molar-refractivity contribution in [3.63, 3.8) is 0 Å². The first-order chi connectivity index (χ1) is 12.5. The van der Waals surface area contributed by atoms with Gasteiger partial charge in [-0.15, -0.1) is 0 Å². The second-order valence-electron chi connectivity index (χ2n) is 5.88. The Hall–Kier alpha value is -3.26. The number of nitrogens with zero attached hydrogens (tertiary/aromatic N) is 4. The van der Waals surface area contributed by atoms with Crippen LogP contribution in [0.5, 0.6) is 5.75 Å². The van der Waals surface area contributed by atoms with Gasteiger partial charge in [-0.05, 0) is 36.8 Å². The van der Waals surface area contributed by atoms with Gasteiger partial charge in [-0.2, -0.15) is 5.10 Å². The van der Waals surface area contributed by atoms with Gasteiger partial charge in [0.15, 0.2) is 5.82 Å². The zero-order valence-electron chi connectivity index (χ0n) is 14.1. The van der Waals surface area contributed by atoms with Gasteiger partial charge in [0.05, 0.1) is 11.5 Å². The Labute approximate surface area is 149 Å². The van der Waals surface area contributed by atoms with Crippen molar-refractivity contribution >= 4 is 5.69 Å². The molecular weight excluding hydrogens is 336 g/mol. The van der Waals surface area contributed by atoms with Crippen LogP contribution in [0, 0.1) is 17.0 Å². The lowest BCUT2D eigenvalue weighted by atomic mass is 10.2. The molecule has 3 rings (SSSR count). The summed E-state index contributed by atoms with van der Waals surface area (Å²) in [7, 11) is 0. The second-order valence-corrected chi connectivity index (χ2v) is 5.88. The third-order valence-corrected chi connectivity index (χ3v) is 3.70. The van der Waals surface area contributed by atoms with Crippen molar-refractivity contribution in [3.8, 4) is 17.1 Å². The quantitative estimate of drug-likeness (QED) is 0.517. The molecule has 1 aromatic heterocycles. The van der Waals surface area contributed by atoms with Crippen LogP contribution in [0.4, 0.5) is 5.69 Å². The molecule has 0 amide bonds. The molecular formula is C18H18N4O4. The molecule has 0 bridgehead atoms. The van der Waals surface area contributed by atoms with Crippen LogP contribution in [0.15, 0.2) is 54.9 Å². The van der Waals surface area contributed by atoms with Crippen molar-refractivity contribution in [3.05, 3.63) is 70.5 Å². The fourth-order valence-corrected chi connectivity index (χ4v) is 2.41. The standard InChI is InChI=1S/C18H18N4O4/c1-13-3-2-4-17(9-13)26-11-16(23)10-21-12-19-18(20-21)14-5-7-15(8-6-14)22(24)25/h2-9,12,16,23H,10-11H2,1H3. The first-order valence-electron chi connectivity index (χ1n) is 8.03. The summed E-state index contributed by atoms with van der Waals surface area (Å²) in [4.78, 5) is 14.4. The van der Waals surface area contributed by atoms with Gasteiger partial charge < -0.3 is 9.84 Å². The minimum absolute atomic E-state index is 0.0110. The molecule has 8 heteroatoms. The maximum atomic E-state index is 10.7. The van der Waals surface area contributed by atoms with Gasteiger partial charge in [0.25, 0.3) is 5.69 Å². The summed E-state index contributed by atoms with van der Waals surface area (Å²) >= 11 is 0. The number of hydrogen-bond donors (Lipinski definition) is 1. The van der Waals surface area contributed by atoms with Crippen molar-refractivity contribution in [2.24, 2.45) is 0 Å². The zero-order valence-corrected chi connectivity index (χ0v) is 14.1. The molecule has 0 fully saturated rings. The topological polar surface area (TPSA) is 103 Å². The highest BCUT2D eigenvalue weighted by atomic mass is 16.6. The molecule has 1 unspecified atom stereocenters. The smallest absolute Gasteiger partial charge is 0.269 e. The molecule has 0 saturated heterocycles. The Bertz CT molecular complexity index is 892. The Morgan fingerprint density at radius 1 is 1.27 bits per heavy atom. The second kappa shape index (κ2) is 7.75. The predicted octanol–water partition coefficient (Wildman–Crippen LogP) is 2.60. The summed E-state index contributed by atoms with van der Waals surface area (Å²) in [6, 6.07) is 13.6. The number of nitro groups is 1. The number of aromatic nitrogens is 3. The minimum Gasteiger partial charge on any atom is -0.491 e. The van der Waals surface area contributed by atoms with E-state index in [9.17, 15) is 15.2 Å². The van der Waals surface area contributed by atoms with Crippen LogP contribution in [0.2, 0.25) is 0 Å². The van der Waals surface area contributed by atoms with Crippen molar-refractivity contribution in [1.29, 1.82) is 0 Å². The molecule has 3 aromatic rings. The molecule has 1 heterocycles. The van der Waals surface area contributed by atoms with Crippen LogP contribution in [0.25, 0.3) is 11.4 Å². The third kappa shape index (κ3) is 4.42. The number of aliphatic hydroxyl groups is 1. The van der Waals surface area contributed by atoms with Crippen LogP contribution in [0.1, 0.15) is 5.56 Å². The van der Waals surface area contributed by atoms with E-state index in [1.54, 1.807) is 12.1 Å². The first-order valence-corrected chi connectivity index (χ1v) is 8.03. The molecule has 0 aliphatic heterocycles. The van der Waals surface area contributed by atoms with Crippen molar-refractivity contribution in [1.82, 2.24) is 14.8 Å². The van der Waals surface area contributed by atoms with E-state index in [1.165, 1.54) is 23.1 Å². The summed E-state index contributed by atoms with van der Waals surface area (Å²) in [5.74, 6) is 1.14. The van der Waals surface area contributed by atoms with Gasteiger partial charge in [0, 0.05) is 17.7 Å². The third-order valence-electron chi connectivity index (χ3n) is 3.70. The highest BCUT2D eigenvalue weighted by Crippen LogP contribution is 2.19. The largest absolute Gasteiger partial charge is 0.491 e. The Morgan fingerprint density at radius 3 is 2.73 bits per heavy atom. The number of aryl methyl sites for hydroxylation is 1. The Morgan fingerprint density at radius 2 is 2.04 bits per heavy atom. The Balaban J connectivity index is 1.58. The summed E-state index contributed by atoms with van der Waals surface area (Å²) in [5, 5.41) is 25.1. The summed E-state index contributed by atoms with van der Waals surface area (Å²) in [6.07, 6.45) is 0.758. The van der Waals surface area contributed by atoms with Gasteiger partial charge in [-0.1, -0.05) is 12.1 Å². The average Bonchev–Trinajstić information content (AvgIpc) is 3.08. The number of aliphatic hydroxyl groups excluding tert-OH is 1. The van der Waals surface area contributed by atoms with E-state index in [0.29, 0.717) is 17.1 Å². The van der Waals surface area contributed by atoms with Crippen molar-refractivity contribution in [2.45, 2.75) is 19.6 Å². The number of non-ortho nitro benzene ring substituents is 1. The summed E-state index contributed by atoms with van der Waals surface area (Å²) in [6.45, 7) is 2.33. The lowest BCUT2D eigenvalue weighted by Gasteiger charge is -2.12. The van der Waals surface area contributed by atoms with E-state index < -0.39 is 11.0 Å². The molecule has 26 heavy (non-hydrogen) atoms. The molecule has 0 spiro atoms. The highest BCUT2D eigenvalue weighted by Gasteiger charge is 2.11. The fourth-order valence-electron chi connectivity index (χ4n) is 2.41. The molecule has 1 N–H and O–H groups in total. The molecule has 134 valence electrons. The maximum absolute atomic E-state index is 10.7. The molecule has 0 saturated carbocycles. The minimum atomic E-state index is -0.748. The van der Waals surface area contributed by atoms with Gasteiger partial charge >= 0.3 is 0 Å². The average molecular weight is 354 g/mol. The lowest BCUT2D eigenvalue weighted by molar-refractivity contribution is -0.384. The normalized spacial score (nSPS) is 11.9. The van der Waals surface area contributed by atoms with Crippen LogP contribution in [-0.4, -0.2) is 37.5 Å². The van der Waals surface area contributed by atoms with Crippen LogP contribution in [-0.2, 0) is 6.54 Å².